The molecule has 1 N–H and O–H groups in total. The Kier molecular flexibility index (Phi) is 5.55. The molecule has 1 nitrogen and oxygen atoms in total. The highest BCUT2D eigenvalue weighted by Crippen LogP contribution is 2.42. The fourth-order valence-electron chi connectivity index (χ4n) is 2.37. The van der Waals surface area contributed by atoms with Gasteiger partial charge in [0.25, 0.3) is 5.92 Å². The molecule has 0 atom stereocenters. The Morgan fingerprint density at radius 3 is 2.05 bits per heavy atom. The highest BCUT2D eigenvalue weighted by atomic mass is 35.5. The number of piperidine rings is 1. The summed E-state index contributed by atoms with van der Waals surface area (Å²) in [6, 6.07) is 1.16. The quantitative estimate of drug-likeness (QED) is 0.793. The van der Waals surface area contributed by atoms with Crippen molar-refractivity contribution in [1.29, 1.82) is 0 Å². The molecule has 8 heteroatoms. The van der Waals surface area contributed by atoms with Crippen molar-refractivity contribution in [2.24, 2.45) is 5.92 Å². The lowest BCUT2D eigenvalue weighted by Crippen LogP contribution is -2.37. The molecule has 1 saturated heterocycles. The van der Waals surface area contributed by atoms with E-state index in [0.29, 0.717) is 25.2 Å². The predicted octanol–water partition coefficient (Wildman–Crippen LogP) is 4.36. The van der Waals surface area contributed by atoms with Crippen LogP contribution in [-0.4, -0.2) is 13.1 Å². The molecular formula is C13H14ClF6N. The fraction of sp³-hybridized carbons (Fsp3) is 0.538. The van der Waals surface area contributed by atoms with Crippen molar-refractivity contribution < 1.29 is 26.3 Å². The van der Waals surface area contributed by atoms with Crippen molar-refractivity contribution >= 4 is 12.4 Å². The maximum Gasteiger partial charge on any atom is 0.416 e. The van der Waals surface area contributed by atoms with Crippen molar-refractivity contribution in [2.75, 3.05) is 13.1 Å². The standard InChI is InChI=1S/C13H13F6N.ClH/c14-11-7-9(13(17,18)19)1-2-10(11)12(15,16)8-3-5-20-6-4-8;/h1-2,7-8,20H,3-6H2;1H. The predicted molar refractivity (Wildman–Crippen MR) is 68.1 cm³/mol. The second kappa shape index (κ2) is 6.44. The Bertz CT molecular complexity index is 482. The van der Waals surface area contributed by atoms with E-state index in [1.165, 1.54) is 0 Å². The van der Waals surface area contributed by atoms with Gasteiger partial charge in [-0.15, -0.1) is 12.4 Å². The molecule has 0 bridgehead atoms. The highest BCUT2D eigenvalue weighted by Gasteiger charge is 2.44. The van der Waals surface area contributed by atoms with Crippen LogP contribution in [0.4, 0.5) is 26.3 Å². The van der Waals surface area contributed by atoms with E-state index in [-0.39, 0.29) is 31.3 Å². The van der Waals surface area contributed by atoms with Gasteiger partial charge < -0.3 is 5.32 Å². The lowest BCUT2D eigenvalue weighted by molar-refractivity contribution is -0.138. The molecule has 120 valence electrons. The Morgan fingerprint density at radius 2 is 1.57 bits per heavy atom. The largest absolute Gasteiger partial charge is 0.416 e. The van der Waals surface area contributed by atoms with Crippen LogP contribution in [0.2, 0.25) is 0 Å². The number of alkyl halides is 5. The summed E-state index contributed by atoms with van der Waals surface area (Å²) in [6.45, 7) is 0.783. The third-order valence-corrected chi connectivity index (χ3v) is 3.51. The number of rotatable bonds is 2. The summed E-state index contributed by atoms with van der Waals surface area (Å²) in [7, 11) is 0. The fourth-order valence-corrected chi connectivity index (χ4v) is 2.37. The first-order valence-electron chi connectivity index (χ1n) is 6.18. The van der Waals surface area contributed by atoms with Crippen LogP contribution in [-0.2, 0) is 12.1 Å². The van der Waals surface area contributed by atoms with Gasteiger partial charge in [-0.05, 0) is 44.1 Å². The van der Waals surface area contributed by atoms with Gasteiger partial charge in [-0.1, -0.05) is 0 Å². The second-order valence-corrected chi connectivity index (χ2v) is 4.84. The maximum absolute atomic E-state index is 14.2. The van der Waals surface area contributed by atoms with Crippen LogP contribution in [0.3, 0.4) is 0 Å². The normalized spacial score (nSPS) is 17.4. The minimum absolute atomic E-state index is 0. The minimum atomic E-state index is -4.75. The molecule has 0 aliphatic carbocycles. The average molecular weight is 334 g/mol. The van der Waals surface area contributed by atoms with E-state index >= 15 is 0 Å². The van der Waals surface area contributed by atoms with Crippen LogP contribution in [0.15, 0.2) is 18.2 Å². The summed E-state index contributed by atoms with van der Waals surface area (Å²) in [4.78, 5) is 0. The molecule has 0 aromatic heterocycles. The Morgan fingerprint density at radius 1 is 1.00 bits per heavy atom. The zero-order chi connectivity index (χ0) is 15.0. The van der Waals surface area contributed by atoms with Crippen molar-refractivity contribution in [3.63, 3.8) is 0 Å². The van der Waals surface area contributed by atoms with Crippen molar-refractivity contribution in [1.82, 2.24) is 5.32 Å². The van der Waals surface area contributed by atoms with E-state index < -0.39 is 35.0 Å². The molecule has 1 aromatic rings. The lowest BCUT2D eigenvalue weighted by Gasteiger charge is -2.31. The van der Waals surface area contributed by atoms with Gasteiger partial charge in [0.1, 0.15) is 5.82 Å². The monoisotopic (exact) mass is 333 g/mol. The van der Waals surface area contributed by atoms with Gasteiger partial charge in [-0.3, -0.25) is 0 Å². The van der Waals surface area contributed by atoms with E-state index in [1.54, 1.807) is 0 Å². The number of hydrogen-bond donors (Lipinski definition) is 1. The average Bonchev–Trinajstić information content (AvgIpc) is 2.38. The summed E-state index contributed by atoms with van der Waals surface area (Å²) in [5.74, 6) is -6.03. The molecule has 1 heterocycles. The summed E-state index contributed by atoms with van der Waals surface area (Å²) in [5, 5.41) is 2.91. The first-order valence-corrected chi connectivity index (χ1v) is 6.18. The van der Waals surface area contributed by atoms with Gasteiger partial charge >= 0.3 is 6.18 Å². The van der Waals surface area contributed by atoms with Gasteiger partial charge in [0.2, 0.25) is 0 Å². The third-order valence-electron chi connectivity index (χ3n) is 3.51. The zero-order valence-corrected chi connectivity index (χ0v) is 11.6. The van der Waals surface area contributed by atoms with Crippen LogP contribution in [0, 0.1) is 11.7 Å². The van der Waals surface area contributed by atoms with E-state index in [1.807, 2.05) is 0 Å². The topological polar surface area (TPSA) is 12.0 Å². The maximum atomic E-state index is 14.2. The molecule has 1 aliphatic heterocycles. The summed E-state index contributed by atoms with van der Waals surface area (Å²) >= 11 is 0. The molecule has 0 spiro atoms. The number of halogens is 7. The van der Waals surface area contributed by atoms with Crippen LogP contribution in [0.1, 0.15) is 24.0 Å². The third kappa shape index (κ3) is 3.83. The Hall–Kier alpha value is -0.950. The second-order valence-electron chi connectivity index (χ2n) is 4.84. The van der Waals surface area contributed by atoms with Gasteiger partial charge in [-0.25, -0.2) is 13.2 Å². The first-order chi connectivity index (χ1) is 9.23. The molecule has 1 fully saturated rings. The summed E-state index contributed by atoms with van der Waals surface area (Å²) in [6.07, 6.45) is -4.43. The SMILES string of the molecule is Cl.Fc1cc(C(F)(F)F)ccc1C(F)(F)C1CCNCC1. The first kappa shape index (κ1) is 18.1. The molecule has 1 aromatic carbocycles. The molecule has 2 rings (SSSR count). The van der Waals surface area contributed by atoms with Crippen molar-refractivity contribution in [3.8, 4) is 0 Å². The van der Waals surface area contributed by atoms with Gasteiger partial charge in [0.15, 0.2) is 0 Å². The molecule has 0 radical (unpaired) electrons. The summed E-state index contributed by atoms with van der Waals surface area (Å²) < 4.78 is 79.2. The zero-order valence-electron chi connectivity index (χ0n) is 10.8. The van der Waals surface area contributed by atoms with E-state index in [4.69, 9.17) is 0 Å². The molecule has 21 heavy (non-hydrogen) atoms. The molecule has 0 unspecified atom stereocenters. The van der Waals surface area contributed by atoms with Gasteiger partial charge in [0.05, 0.1) is 11.1 Å². The highest BCUT2D eigenvalue weighted by molar-refractivity contribution is 5.85. The Balaban J connectivity index is 0.00000220. The van der Waals surface area contributed by atoms with Crippen LogP contribution in [0.5, 0.6) is 0 Å². The van der Waals surface area contributed by atoms with Crippen LogP contribution in [0.25, 0.3) is 0 Å². The molecule has 1 aliphatic rings. The minimum Gasteiger partial charge on any atom is -0.317 e. The summed E-state index contributed by atoms with van der Waals surface area (Å²) in [5.41, 5.74) is -2.22. The molecule has 0 saturated carbocycles. The number of benzene rings is 1. The van der Waals surface area contributed by atoms with Crippen LogP contribution < -0.4 is 5.32 Å². The van der Waals surface area contributed by atoms with Gasteiger partial charge in [-0.2, -0.15) is 13.2 Å². The van der Waals surface area contributed by atoms with E-state index in [0.717, 1.165) is 0 Å². The van der Waals surface area contributed by atoms with E-state index in [2.05, 4.69) is 5.32 Å². The van der Waals surface area contributed by atoms with Gasteiger partial charge in [0, 0.05) is 5.92 Å². The smallest absolute Gasteiger partial charge is 0.317 e. The molecular weight excluding hydrogens is 320 g/mol. The number of hydrogen-bond acceptors (Lipinski definition) is 1. The number of nitrogens with one attached hydrogen (secondary N) is 1. The van der Waals surface area contributed by atoms with Crippen molar-refractivity contribution in [2.45, 2.75) is 24.9 Å². The Labute approximate surface area is 124 Å². The molecule has 0 amide bonds. The lowest BCUT2D eigenvalue weighted by atomic mass is 9.86. The van der Waals surface area contributed by atoms with Crippen LogP contribution >= 0.6 is 12.4 Å². The van der Waals surface area contributed by atoms with E-state index in [9.17, 15) is 26.3 Å². The van der Waals surface area contributed by atoms with Crippen molar-refractivity contribution in [3.05, 3.63) is 35.1 Å².